The van der Waals surface area contributed by atoms with Crippen molar-refractivity contribution >= 4 is 16.4 Å². The second kappa shape index (κ2) is 34.3. The van der Waals surface area contributed by atoms with Gasteiger partial charge in [-0.3, -0.25) is 13.5 Å². The maximum atomic E-state index is 10.3. The summed E-state index contributed by atoms with van der Waals surface area (Å²) in [6, 6.07) is 0. The summed E-state index contributed by atoms with van der Waals surface area (Å²) in [7, 11) is -3.29. The third-order valence-corrected chi connectivity index (χ3v) is 5.05. The number of hydrogen-bond acceptors (Lipinski definition) is 9. The summed E-state index contributed by atoms with van der Waals surface area (Å²) in [5.41, 5.74) is 0. The number of aliphatic carboxylic acids is 1. The Kier molecular flexibility index (Phi) is 43.6. The number of aliphatic hydroxyl groups is 3. The summed E-state index contributed by atoms with van der Waals surface area (Å²) >= 11 is 0. The van der Waals surface area contributed by atoms with E-state index in [1.165, 1.54) is 83.5 Å². The zero-order valence-electron chi connectivity index (χ0n) is 21.5. The fourth-order valence-electron chi connectivity index (χ4n) is 2.71. The second-order valence-electron chi connectivity index (χ2n) is 7.71. The van der Waals surface area contributed by atoms with E-state index in [0.717, 1.165) is 20.0 Å². The number of carboxylic acids is 1. The molecule has 0 fully saturated rings. The topological polar surface area (TPSA) is 232 Å². The number of hydrogen-bond donors (Lipinski definition) is 7. The van der Waals surface area contributed by atoms with Crippen molar-refractivity contribution in [3.63, 3.8) is 0 Å². The van der Waals surface area contributed by atoms with Gasteiger partial charge in [-0.2, -0.15) is 8.42 Å². The summed E-state index contributed by atoms with van der Waals surface area (Å²) in [6.45, 7) is 1.54. The summed E-state index contributed by atoms with van der Waals surface area (Å²) in [5.74, 6) is -0.653. The van der Waals surface area contributed by atoms with Crippen LogP contribution in [0.2, 0.25) is 0 Å². The van der Waals surface area contributed by atoms with Crippen LogP contribution in [-0.4, -0.2) is 65.8 Å². The molecule has 12 heteroatoms. The van der Waals surface area contributed by atoms with Crippen molar-refractivity contribution in [1.82, 2.24) is 12.3 Å². The SMILES string of the molecule is CCCCCCCCCCCCCCCCCC(=O)O.COS(=O)(=O)O.N.N.OCC(O)CO. The van der Waals surface area contributed by atoms with Crippen LogP contribution < -0.4 is 12.3 Å². The molecule has 0 unspecified atom stereocenters. The highest BCUT2D eigenvalue weighted by molar-refractivity contribution is 7.80. The van der Waals surface area contributed by atoms with E-state index in [2.05, 4.69) is 11.1 Å². The molecule has 0 aliphatic heterocycles. The summed E-state index contributed by atoms with van der Waals surface area (Å²) < 4.78 is 29.7. The van der Waals surface area contributed by atoms with Gasteiger partial charge in [-0.15, -0.1) is 0 Å². The van der Waals surface area contributed by atoms with Crippen LogP contribution in [0.15, 0.2) is 0 Å². The molecule has 0 spiro atoms. The zero-order chi connectivity index (χ0) is 25.1. The van der Waals surface area contributed by atoms with Crippen LogP contribution in [-0.2, 0) is 19.4 Å². The van der Waals surface area contributed by atoms with E-state index in [0.29, 0.717) is 6.42 Å². The van der Waals surface area contributed by atoms with Crippen LogP contribution in [0, 0.1) is 0 Å². The molecule has 212 valence electrons. The number of rotatable bonds is 19. The van der Waals surface area contributed by atoms with Gasteiger partial charge in [-0.05, 0) is 6.42 Å². The number of unbranched alkanes of at least 4 members (excludes halogenated alkanes) is 14. The molecule has 0 saturated heterocycles. The summed E-state index contributed by atoms with van der Waals surface area (Å²) in [6.07, 6.45) is 19.2. The van der Waals surface area contributed by atoms with Gasteiger partial charge >= 0.3 is 16.4 Å². The Morgan fingerprint density at radius 2 is 1.00 bits per heavy atom. The van der Waals surface area contributed by atoms with Crippen LogP contribution in [0.25, 0.3) is 0 Å². The molecule has 0 rings (SSSR count). The third-order valence-electron chi connectivity index (χ3n) is 4.63. The molecule has 0 aromatic heterocycles. The fourth-order valence-corrected chi connectivity index (χ4v) is 2.71. The lowest BCUT2D eigenvalue weighted by molar-refractivity contribution is -0.137. The normalized spacial score (nSPS) is 10.2. The highest BCUT2D eigenvalue weighted by Crippen LogP contribution is 2.13. The van der Waals surface area contributed by atoms with Gasteiger partial charge in [-0.25, -0.2) is 0 Å². The number of carboxylic acid groups (broad SMARTS) is 1. The number of carbonyl (C=O) groups is 1. The van der Waals surface area contributed by atoms with Gasteiger partial charge in [0.05, 0.1) is 20.3 Å². The van der Waals surface area contributed by atoms with E-state index in [1.54, 1.807) is 0 Å². The van der Waals surface area contributed by atoms with Crippen LogP contribution >= 0.6 is 0 Å². The molecule has 0 saturated carbocycles. The van der Waals surface area contributed by atoms with Gasteiger partial charge in [-0.1, -0.05) is 96.8 Å². The first kappa shape index (κ1) is 43.2. The maximum Gasteiger partial charge on any atom is 0.397 e. The quantitative estimate of drug-likeness (QED) is 0.0925. The Hall–Kier alpha value is -0.860. The lowest BCUT2D eigenvalue weighted by Gasteiger charge is -2.03. The van der Waals surface area contributed by atoms with Crippen molar-refractivity contribution in [1.29, 1.82) is 0 Å². The van der Waals surface area contributed by atoms with Gasteiger partial charge in [0.15, 0.2) is 0 Å². The first-order valence-corrected chi connectivity index (χ1v) is 13.2. The van der Waals surface area contributed by atoms with Crippen LogP contribution in [0.3, 0.4) is 0 Å². The molecule has 0 atom stereocenters. The van der Waals surface area contributed by atoms with E-state index >= 15 is 0 Å². The zero-order valence-corrected chi connectivity index (χ0v) is 22.3. The standard InChI is InChI=1S/C18H36O2.C3H8O3.CH4O4S.2H3N/c1-2-3-4-5-6-7-8-9-10-11-12-13-14-15-16-17-18(19)20;4-1-3(6)2-5;1-5-6(2,3)4;;/h2-17H2,1H3,(H,19,20);3-6H,1-2H2;1H3,(H,2,3,4);2*1H3. The average Bonchev–Trinajstić information content (AvgIpc) is 2.76. The van der Waals surface area contributed by atoms with Crippen molar-refractivity contribution in [2.45, 2.75) is 116 Å². The molecule has 0 radical (unpaired) electrons. The van der Waals surface area contributed by atoms with Gasteiger partial charge < -0.3 is 32.7 Å². The van der Waals surface area contributed by atoms with Crippen LogP contribution in [0.4, 0.5) is 0 Å². The van der Waals surface area contributed by atoms with Gasteiger partial charge in [0, 0.05) is 6.42 Å². The molecule has 0 aromatic carbocycles. The van der Waals surface area contributed by atoms with Crippen molar-refractivity contribution in [2.75, 3.05) is 20.3 Å². The maximum absolute atomic E-state index is 10.3. The summed E-state index contributed by atoms with van der Waals surface area (Å²) in [4.78, 5) is 10.3. The molecule has 0 amide bonds. The van der Waals surface area contributed by atoms with Crippen molar-refractivity contribution in [2.24, 2.45) is 0 Å². The van der Waals surface area contributed by atoms with Crippen LogP contribution in [0.5, 0.6) is 0 Å². The minimum Gasteiger partial charge on any atom is -0.481 e. The van der Waals surface area contributed by atoms with E-state index in [4.69, 9.17) is 25.0 Å². The Balaban J connectivity index is -0.000000166. The van der Waals surface area contributed by atoms with Gasteiger partial charge in [0.2, 0.25) is 0 Å². The highest BCUT2D eigenvalue weighted by atomic mass is 32.3. The minimum absolute atomic E-state index is 0. The molecule has 0 aliphatic rings. The first-order chi connectivity index (χ1) is 15.1. The number of aliphatic hydroxyl groups excluding tert-OH is 3. The molecule has 0 heterocycles. The van der Waals surface area contributed by atoms with Crippen molar-refractivity contribution in [3.05, 3.63) is 0 Å². The molecule has 0 bridgehead atoms. The predicted molar refractivity (Wildman–Crippen MR) is 136 cm³/mol. The average molecular weight is 523 g/mol. The van der Waals surface area contributed by atoms with Crippen molar-refractivity contribution in [3.8, 4) is 0 Å². The predicted octanol–water partition coefficient (Wildman–Crippen LogP) is 4.42. The highest BCUT2D eigenvalue weighted by Gasteiger charge is 1.97. The van der Waals surface area contributed by atoms with E-state index in [1.807, 2.05) is 0 Å². The third kappa shape index (κ3) is 52.8. The summed E-state index contributed by atoms with van der Waals surface area (Å²) in [5, 5.41) is 32.5. The Bertz CT molecular complexity index is 477. The van der Waals surface area contributed by atoms with Crippen molar-refractivity contribution < 1.29 is 42.4 Å². The molecule has 0 aliphatic carbocycles. The Labute approximate surface area is 207 Å². The largest absolute Gasteiger partial charge is 0.481 e. The molecule has 34 heavy (non-hydrogen) atoms. The van der Waals surface area contributed by atoms with E-state index in [-0.39, 0.29) is 25.5 Å². The lowest BCUT2D eigenvalue weighted by atomic mass is 10.0. The molecular weight excluding hydrogens is 468 g/mol. The van der Waals surface area contributed by atoms with Gasteiger partial charge in [0.1, 0.15) is 6.10 Å². The monoisotopic (exact) mass is 522 g/mol. The molecule has 11 nitrogen and oxygen atoms in total. The second-order valence-corrected chi connectivity index (χ2v) is 8.90. The fraction of sp³-hybridized carbons (Fsp3) is 0.955. The van der Waals surface area contributed by atoms with Gasteiger partial charge in [0.25, 0.3) is 0 Å². The van der Waals surface area contributed by atoms with E-state index < -0.39 is 22.5 Å². The Morgan fingerprint density at radius 3 is 1.18 bits per heavy atom. The minimum atomic E-state index is -4.16. The molecule has 11 N–H and O–H groups in total. The van der Waals surface area contributed by atoms with E-state index in [9.17, 15) is 13.2 Å². The molecule has 0 aromatic rings. The molecular formula is C22H54N2O9S. The van der Waals surface area contributed by atoms with Crippen LogP contribution in [0.1, 0.15) is 110 Å². The smallest absolute Gasteiger partial charge is 0.397 e. The first-order valence-electron chi connectivity index (χ1n) is 11.8. The Morgan fingerprint density at radius 1 is 0.735 bits per heavy atom. The lowest BCUT2D eigenvalue weighted by Crippen LogP contribution is -2.15.